The first-order chi connectivity index (χ1) is 18.7. The number of anilines is 1. The number of carbonyl (C=O) groups is 3. The van der Waals surface area contributed by atoms with Crippen molar-refractivity contribution in [3.8, 4) is 17.2 Å². The van der Waals surface area contributed by atoms with E-state index in [1.54, 1.807) is 57.2 Å². The molecule has 0 saturated carbocycles. The van der Waals surface area contributed by atoms with Crippen LogP contribution in [0.5, 0.6) is 17.2 Å². The first-order valence-electron chi connectivity index (χ1n) is 12.0. The third kappa shape index (κ3) is 4.92. The summed E-state index contributed by atoms with van der Waals surface area (Å²) in [5, 5.41) is 11.6. The van der Waals surface area contributed by atoms with Gasteiger partial charge in [-0.3, -0.25) is 14.5 Å². The van der Waals surface area contributed by atoms with E-state index in [1.807, 2.05) is 0 Å². The number of ketones is 1. The fourth-order valence-corrected chi connectivity index (χ4v) is 5.41. The maximum absolute atomic E-state index is 13.5. The number of hydrogen-bond donors (Lipinski definition) is 1. The van der Waals surface area contributed by atoms with Crippen LogP contribution in [-0.2, 0) is 14.3 Å². The van der Waals surface area contributed by atoms with E-state index in [2.05, 4.69) is 4.98 Å². The van der Waals surface area contributed by atoms with Gasteiger partial charge in [0.25, 0.3) is 5.78 Å². The lowest BCUT2D eigenvalue weighted by atomic mass is 9.94. The summed E-state index contributed by atoms with van der Waals surface area (Å²) >= 11 is 0.928. The summed E-state index contributed by atoms with van der Waals surface area (Å²) < 4.78 is 21.3. The lowest BCUT2D eigenvalue weighted by molar-refractivity contribution is -0.132. The molecule has 1 saturated heterocycles. The number of amides is 1. The Kier molecular flexibility index (Phi) is 7.91. The molecule has 1 fully saturated rings. The Bertz CT molecular complexity index is 1490. The summed E-state index contributed by atoms with van der Waals surface area (Å²) in [5.41, 5.74) is 1.66. The van der Waals surface area contributed by atoms with Gasteiger partial charge in [-0.1, -0.05) is 11.3 Å². The number of esters is 1. The van der Waals surface area contributed by atoms with Crippen LogP contribution in [0.3, 0.4) is 0 Å². The normalized spacial score (nSPS) is 16.4. The van der Waals surface area contributed by atoms with E-state index >= 15 is 0 Å². The number of rotatable bonds is 8. The third-order valence-corrected chi connectivity index (χ3v) is 7.44. The number of methoxy groups -OCH3 is 3. The molecule has 0 aliphatic carbocycles. The van der Waals surface area contributed by atoms with Gasteiger partial charge < -0.3 is 24.1 Å². The van der Waals surface area contributed by atoms with Crippen molar-refractivity contribution in [1.82, 2.24) is 4.98 Å². The Morgan fingerprint density at radius 2 is 1.74 bits per heavy atom. The van der Waals surface area contributed by atoms with Crippen LogP contribution >= 0.6 is 11.3 Å². The summed E-state index contributed by atoms with van der Waals surface area (Å²) in [6.07, 6.45) is 0. The molecule has 39 heavy (non-hydrogen) atoms. The highest BCUT2D eigenvalue weighted by atomic mass is 32.1. The highest BCUT2D eigenvalue weighted by Gasteiger charge is 2.49. The molecule has 2 aromatic carbocycles. The van der Waals surface area contributed by atoms with E-state index in [9.17, 15) is 19.5 Å². The molecular formula is C28H28N2O8S. The molecule has 1 aliphatic heterocycles. The highest BCUT2D eigenvalue weighted by Crippen LogP contribution is 2.47. The number of Topliss-reactive ketones (excluding diaryl/α,β-unsaturated/α-hetero) is 1. The van der Waals surface area contributed by atoms with Gasteiger partial charge in [0.1, 0.15) is 33.9 Å². The second-order valence-corrected chi connectivity index (χ2v) is 9.57. The van der Waals surface area contributed by atoms with Gasteiger partial charge in [-0.2, -0.15) is 0 Å². The fraction of sp³-hybridized carbons (Fsp3) is 0.286. The molecule has 1 N–H and O–H groups in total. The number of aliphatic hydroxyl groups excluding tert-OH is 1. The number of nitrogens with zero attached hydrogens (tertiary/aromatic N) is 2. The molecule has 4 rings (SSSR count). The minimum Gasteiger partial charge on any atom is -0.507 e. The van der Waals surface area contributed by atoms with E-state index < -0.39 is 23.7 Å². The smallest absolute Gasteiger partial charge is 0.350 e. The van der Waals surface area contributed by atoms with E-state index in [-0.39, 0.29) is 27.9 Å². The van der Waals surface area contributed by atoms with Gasteiger partial charge in [0.2, 0.25) is 0 Å². The predicted octanol–water partition coefficient (Wildman–Crippen LogP) is 4.59. The summed E-state index contributed by atoms with van der Waals surface area (Å²) in [6, 6.07) is 8.74. The summed E-state index contributed by atoms with van der Waals surface area (Å²) in [5.74, 6) is -1.35. The van der Waals surface area contributed by atoms with E-state index in [0.29, 0.717) is 34.1 Å². The number of benzene rings is 2. The Hall–Kier alpha value is -4.38. The zero-order chi connectivity index (χ0) is 28.4. The first kappa shape index (κ1) is 27.6. The lowest BCUT2D eigenvalue weighted by Gasteiger charge is -2.25. The topological polar surface area (TPSA) is 124 Å². The van der Waals surface area contributed by atoms with Crippen molar-refractivity contribution in [2.75, 3.05) is 32.8 Å². The van der Waals surface area contributed by atoms with Crippen molar-refractivity contribution in [1.29, 1.82) is 0 Å². The third-order valence-electron chi connectivity index (χ3n) is 6.30. The summed E-state index contributed by atoms with van der Waals surface area (Å²) in [4.78, 5) is 45.4. The van der Waals surface area contributed by atoms with Gasteiger partial charge in [-0.25, -0.2) is 9.78 Å². The monoisotopic (exact) mass is 552 g/mol. The Morgan fingerprint density at radius 1 is 1.03 bits per heavy atom. The van der Waals surface area contributed by atoms with E-state index in [4.69, 9.17) is 18.9 Å². The molecule has 0 radical (unpaired) electrons. The molecular weight excluding hydrogens is 524 g/mol. The van der Waals surface area contributed by atoms with Crippen molar-refractivity contribution in [3.05, 3.63) is 69.2 Å². The van der Waals surface area contributed by atoms with Crippen molar-refractivity contribution in [3.63, 3.8) is 0 Å². The average molecular weight is 553 g/mol. The van der Waals surface area contributed by atoms with Crippen LogP contribution in [0.15, 0.2) is 42.0 Å². The van der Waals surface area contributed by atoms with Crippen molar-refractivity contribution in [2.24, 2.45) is 0 Å². The number of aromatic nitrogens is 1. The van der Waals surface area contributed by atoms with E-state index in [0.717, 1.165) is 16.9 Å². The standard InChI is InChI=1S/C28H28N2O8S/c1-7-38-27(34)25-15(3)29-28(39-25)30-22(18-10-9-17(35-4)13-20(18)37-6)21(24(32)26(30)33)23(31)16-8-11-19(36-5)14(2)12-16/h8-13,22,31H,7H2,1-6H3. The van der Waals surface area contributed by atoms with Crippen molar-refractivity contribution >= 4 is 39.9 Å². The van der Waals surface area contributed by atoms with Crippen LogP contribution in [0.25, 0.3) is 5.76 Å². The first-order valence-corrected chi connectivity index (χ1v) is 12.8. The number of aryl methyl sites for hydroxylation is 2. The second kappa shape index (κ2) is 11.2. The van der Waals surface area contributed by atoms with Crippen LogP contribution in [0.4, 0.5) is 5.13 Å². The van der Waals surface area contributed by atoms with Gasteiger partial charge >= 0.3 is 11.9 Å². The molecule has 0 spiro atoms. The highest BCUT2D eigenvalue weighted by molar-refractivity contribution is 7.17. The summed E-state index contributed by atoms with van der Waals surface area (Å²) in [6.45, 7) is 5.27. The molecule has 0 bridgehead atoms. The van der Waals surface area contributed by atoms with Gasteiger partial charge in [-0.15, -0.1) is 0 Å². The lowest BCUT2D eigenvalue weighted by Crippen LogP contribution is -2.29. The molecule has 3 aromatic rings. The maximum atomic E-state index is 13.5. The van der Waals surface area contributed by atoms with Crippen LogP contribution in [0, 0.1) is 13.8 Å². The van der Waals surface area contributed by atoms with Crippen LogP contribution < -0.4 is 19.1 Å². The van der Waals surface area contributed by atoms with Gasteiger partial charge in [0.05, 0.1) is 39.2 Å². The van der Waals surface area contributed by atoms with Gasteiger partial charge in [0, 0.05) is 17.2 Å². The molecule has 10 nitrogen and oxygen atoms in total. The van der Waals surface area contributed by atoms with Gasteiger partial charge in [0.15, 0.2) is 5.13 Å². The second-order valence-electron chi connectivity index (χ2n) is 8.59. The SMILES string of the molecule is CCOC(=O)c1sc(N2C(=O)C(=O)C(=C(O)c3ccc(OC)c(C)c3)C2c2ccc(OC)cc2OC)nc1C. The van der Waals surface area contributed by atoms with Crippen molar-refractivity contribution < 1.29 is 38.4 Å². The maximum Gasteiger partial charge on any atom is 0.350 e. The largest absolute Gasteiger partial charge is 0.507 e. The minimum absolute atomic E-state index is 0.102. The summed E-state index contributed by atoms with van der Waals surface area (Å²) in [7, 11) is 4.48. The molecule has 2 heterocycles. The molecule has 204 valence electrons. The zero-order valence-corrected chi connectivity index (χ0v) is 23.2. The van der Waals surface area contributed by atoms with Crippen molar-refractivity contribution in [2.45, 2.75) is 26.8 Å². The Morgan fingerprint density at radius 3 is 2.36 bits per heavy atom. The Labute approximate surface area is 229 Å². The van der Waals surface area contributed by atoms with Crippen LogP contribution in [0.1, 0.15) is 45.0 Å². The Balaban J connectivity index is 1.97. The molecule has 1 aliphatic rings. The number of hydrogen-bond acceptors (Lipinski definition) is 10. The van der Waals surface area contributed by atoms with Gasteiger partial charge in [-0.05, 0) is 56.7 Å². The van der Waals surface area contributed by atoms with Crippen LogP contribution in [-0.4, -0.2) is 55.7 Å². The molecule has 1 atom stereocenters. The molecule has 11 heteroatoms. The number of aliphatic hydroxyl groups is 1. The average Bonchev–Trinajstić information content (AvgIpc) is 3.44. The van der Waals surface area contributed by atoms with E-state index in [1.165, 1.54) is 26.2 Å². The molecule has 1 aromatic heterocycles. The molecule has 1 unspecified atom stereocenters. The molecule has 1 amide bonds. The fourth-order valence-electron chi connectivity index (χ4n) is 4.42. The van der Waals surface area contributed by atoms with Crippen LogP contribution in [0.2, 0.25) is 0 Å². The number of thiazole rings is 1. The zero-order valence-electron chi connectivity index (χ0n) is 22.4. The minimum atomic E-state index is -1.12. The predicted molar refractivity (Wildman–Crippen MR) is 145 cm³/mol. The number of carbonyl (C=O) groups excluding carboxylic acids is 3. The quantitative estimate of drug-likeness (QED) is 0.185. The number of ether oxygens (including phenoxy) is 4.